The van der Waals surface area contributed by atoms with E-state index in [9.17, 15) is 9.90 Å². The number of hydrogen-bond donors (Lipinski definition) is 1. The van der Waals surface area contributed by atoms with Crippen molar-refractivity contribution in [3.63, 3.8) is 0 Å². The summed E-state index contributed by atoms with van der Waals surface area (Å²) in [6, 6.07) is 37.2. The molecular formula is C34H35NO4. The zero-order valence-corrected chi connectivity index (χ0v) is 22.4. The van der Waals surface area contributed by atoms with Gasteiger partial charge in [0, 0.05) is 5.92 Å². The zero-order chi connectivity index (χ0) is 27.2. The second kappa shape index (κ2) is 12.3. The van der Waals surface area contributed by atoms with E-state index in [4.69, 9.17) is 9.47 Å². The molecule has 39 heavy (non-hydrogen) atoms. The van der Waals surface area contributed by atoms with Crippen molar-refractivity contribution in [1.29, 1.82) is 0 Å². The van der Waals surface area contributed by atoms with Gasteiger partial charge in [-0.3, -0.25) is 9.69 Å². The van der Waals surface area contributed by atoms with Gasteiger partial charge in [-0.15, -0.1) is 0 Å². The van der Waals surface area contributed by atoms with Crippen molar-refractivity contribution in [1.82, 2.24) is 4.90 Å². The number of amides is 1. The lowest BCUT2D eigenvalue weighted by atomic mass is 9.83. The molecule has 5 atom stereocenters. The van der Waals surface area contributed by atoms with Gasteiger partial charge in [0.05, 0.1) is 6.04 Å². The summed E-state index contributed by atoms with van der Waals surface area (Å²) in [6.45, 7) is 4.51. The fraction of sp³-hybridized carbons (Fsp3) is 0.265. The van der Waals surface area contributed by atoms with Crippen LogP contribution >= 0.6 is 0 Å². The molecule has 0 radical (unpaired) electrons. The highest BCUT2D eigenvalue weighted by molar-refractivity contribution is 5.80. The van der Waals surface area contributed by atoms with E-state index in [1.807, 2.05) is 122 Å². The molecule has 1 unspecified atom stereocenters. The predicted octanol–water partition coefficient (Wildman–Crippen LogP) is 7.01. The molecule has 1 heterocycles. The number of carbonyl (C=O) groups is 1. The molecule has 4 aromatic carbocycles. The van der Waals surface area contributed by atoms with Gasteiger partial charge in [-0.05, 0) is 46.7 Å². The number of ether oxygens (including phenoxy) is 2. The average Bonchev–Trinajstić information content (AvgIpc) is 3.34. The maximum atomic E-state index is 14.1. The van der Waals surface area contributed by atoms with Gasteiger partial charge in [-0.1, -0.05) is 117 Å². The molecule has 5 heteroatoms. The second-order valence-corrected chi connectivity index (χ2v) is 10.0. The van der Waals surface area contributed by atoms with Crippen molar-refractivity contribution in [3.05, 3.63) is 138 Å². The highest BCUT2D eigenvalue weighted by atomic mass is 16.6. The van der Waals surface area contributed by atoms with Gasteiger partial charge in [0.25, 0.3) is 0 Å². The van der Waals surface area contributed by atoms with Crippen molar-refractivity contribution in [2.24, 2.45) is 5.92 Å². The van der Waals surface area contributed by atoms with Crippen LogP contribution < -0.4 is 4.74 Å². The molecule has 1 fully saturated rings. The number of aliphatic hydroxyl groups excluding tert-OH is 1. The van der Waals surface area contributed by atoms with Gasteiger partial charge in [-0.2, -0.15) is 0 Å². The highest BCUT2D eigenvalue weighted by Crippen LogP contribution is 2.46. The lowest BCUT2D eigenvalue weighted by Gasteiger charge is -2.32. The molecule has 5 nitrogen and oxygen atoms in total. The molecule has 0 aromatic heterocycles. The van der Waals surface area contributed by atoms with Crippen LogP contribution in [-0.4, -0.2) is 22.3 Å². The molecule has 1 saturated heterocycles. The minimum atomic E-state index is -1.34. The Morgan fingerprint density at radius 3 is 2.13 bits per heavy atom. The van der Waals surface area contributed by atoms with Crippen molar-refractivity contribution in [3.8, 4) is 5.75 Å². The molecule has 1 aliphatic heterocycles. The number of rotatable bonds is 9. The van der Waals surface area contributed by atoms with Crippen LogP contribution in [0.4, 0.5) is 0 Å². The maximum absolute atomic E-state index is 14.1. The van der Waals surface area contributed by atoms with Gasteiger partial charge in [-0.25, -0.2) is 0 Å². The zero-order valence-electron chi connectivity index (χ0n) is 22.4. The predicted molar refractivity (Wildman–Crippen MR) is 152 cm³/mol. The monoisotopic (exact) mass is 521 g/mol. The topological polar surface area (TPSA) is 59.0 Å². The van der Waals surface area contributed by atoms with Gasteiger partial charge in [0.2, 0.25) is 12.3 Å². The Balaban J connectivity index is 1.40. The van der Waals surface area contributed by atoms with Crippen molar-refractivity contribution >= 4 is 5.91 Å². The summed E-state index contributed by atoms with van der Waals surface area (Å²) in [5, 5.41) is 11.1. The molecule has 1 N–H and O–H groups in total. The molecule has 1 amide bonds. The Kier molecular flexibility index (Phi) is 8.40. The first-order valence-electron chi connectivity index (χ1n) is 13.6. The van der Waals surface area contributed by atoms with Crippen molar-refractivity contribution in [2.45, 2.75) is 51.4 Å². The number of hydrogen-bond acceptors (Lipinski definition) is 4. The summed E-state index contributed by atoms with van der Waals surface area (Å²) in [5.41, 5.74) is 3.98. The van der Waals surface area contributed by atoms with Gasteiger partial charge in [0.15, 0.2) is 0 Å². The molecule has 0 bridgehead atoms. The van der Waals surface area contributed by atoms with Gasteiger partial charge >= 0.3 is 0 Å². The fourth-order valence-corrected chi connectivity index (χ4v) is 5.55. The van der Waals surface area contributed by atoms with Crippen LogP contribution in [0, 0.1) is 5.92 Å². The van der Waals surface area contributed by atoms with Crippen LogP contribution in [0.15, 0.2) is 115 Å². The fourth-order valence-electron chi connectivity index (χ4n) is 5.55. The SMILES string of the molecule is CC[C@@H](c1cccc(OCc2ccccc2)c1)[C@@H](C)C(=O)N1C(O)O[C@@H](c2ccccc2)[C@H]1c1ccccc1. The number of benzene rings is 4. The molecule has 200 valence electrons. The summed E-state index contributed by atoms with van der Waals surface area (Å²) in [4.78, 5) is 15.7. The minimum Gasteiger partial charge on any atom is -0.489 e. The minimum absolute atomic E-state index is 0.0582. The first-order chi connectivity index (χ1) is 19.1. The standard InChI is InChI=1S/C34H35NO4/c1-3-30(28-20-13-21-29(22-28)38-23-25-14-7-4-8-15-25)24(2)33(36)35-31(26-16-9-5-10-17-26)32(39-34(35)37)27-18-11-6-12-19-27/h4-22,24,30-32,34,37H,3,23H2,1-2H3/t24-,30-,31-,32+,34?/m1/s1. The van der Waals surface area contributed by atoms with Crippen LogP contribution in [-0.2, 0) is 16.1 Å². The Bertz CT molecular complexity index is 1350. The van der Waals surface area contributed by atoms with Crippen LogP contribution in [0.25, 0.3) is 0 Å². The second-order valence-electron chi connectivity index (χ2n) is 10.0. The van der Waals surface area contributed by atoms with E-state index < -0.39 is 24.5 Å². The molecule has 0 spiro atoms. The summed E-state index contributed by atoms with van der Waals surface area (Å²) in [5.74, 6) is 0.179. The molecule has 0 aliphatic carbocycles. The van der Waals surface area contributed by atoms with Gasteiger partial charge < -0.3 is 14.6 Å². The Morgan fingerprint density at radius 1 is 0.872 bits per heavy atom. The third-order valence-electron chi connectivity index (χ3n) is 7.58. The van der Waals surface area contributed by atoms with E-state index in [2.05, 4.69) is 6.92 Å². The van der Waals surface area contributed by atoms with E-state index in [1.54, 1.807) is 0 Å². The highest BCUT2D eigenvalue weighted by Gasteiger charge is 2.47. The van der Waals surface area contributed by atoms with Crippen LogP contribution in [0.1, 0.15) is 60.6 Å². The summed E-state index contributed by atoms with van der Waals surface area (Å²) in [6.07, 6.45) is -1.05. The largest absolute Gasteiger partial charge is 0.489 e. The van der Waals surface area contributed by atoms with E-state index in [1.165, 1.54) is 4.90 Å². The van der Waals surface area contributed by atoms with Gasteiger partial charge in [0.1, 0.15) is 18.5 Å². The number of carbonyl (C=O) groups excluding carboxylic acids is 1. The Morgan fingerprint density at radius 2 is 1.49 bits per heavy atom. The molecule has 5 rings (SSSR count). The van der Waals surface area contributed by atoms with Crippen LogP contribution in [0.5, 0.6) is 5.75 Å². The third kappa shape index (κ3) is 5.90. The number of nitrogens with zero attached hydrogens (tertiary/aromatic N) is 1. The van der Waals surface area contributed by atoms with E-state index in [0.29, 0.717) is 6.61 Å². The Labute approximate surface area is 230 Å². The van der Waals surface area contributed by atoms with E-state index in [0.717, 1.165) is 34.4 Å². The lowest BCUT2D eigenvalue weighted by Crippen LogP contribution is -2.42. The summed E-state index contributed by atoms with van der Waals surface area (Å²) in [7, 11) is 0. The van der Waals surface area contributed by atoms with E-state index >= 15 is 0 Å². The lowest BCUT2D eigenvalue weighted by molar-refractivity contribution is -0.174. The van der Waals surface area contributed by atoms with Crippen LogP contribution in [0.3, 0.4) is 0 Å². The van der Waals surface area contributed by atoms with Crippen molar-refractivity contribution in [2.75, 3.05) is 0 Å². The van der Waals surface area contributed by atoms with Crippen LogP contribution in [0.2, 0.25) is 0 Å². The maximum Gasteiger partial charge on any atom is 0.241 e. The third-order valence-corrected chi connectivity index (χ3v) is 7.58. The summed E-state index contributed by atoms with van der Waals surface area (Å²) >= 11 is 0. The molecule has 0 saturated carbocycles. The first-order valence-corrected chi connectivity index (χ1v) is 13.6. The average molecular weight is 522 g/mol. The first kappa shape index (κ1) is 26.7. The molecular weight excluding hydrogens is 486 g/mol. The van der Waals surface area contributed by atoms with Crippen molar-refractivity contribution < 1.29 is 19.4 Å². The summed E-state index contributed by atoms with van der Waals surface area (Å²) < 4.78 is 12.1. The van der Waals surface area contributed by atoms with E-state index in [-0.39, 0.29) is 11.8 Å². The molecule has 1 aliphatic rings. The quantitative estimate of drug-likeness (QED) is 0.257. The number of aliphatic hydroxyl groups is 1. The normalized spacial score (nSPS) is 20.4. The smallest absolute Gasteiger partial charge is 0.241 e. The molecule has 4 aromatic rings. The Hall–Kier alpha value is -3.93.